The van der Waals surface area contributed by atoms with E-state index in [9.17, 15) is 13.2 Å². The van der Waals surface area contributed by atoms with E-state index in [1.54, 1.807) is 24.3 Å². The Balaban J connectivity index is 1.99. The number of nitrogens with one attached hydrogen (secondary N) is 1. The predicted molar refractivity (Wildman–Crippen MR) is 137 cm³/mol. The maximum atomic E-state index is 13.6. The number of thiophene rings is 1. The molecule has 1 N–H and O–H groups in total. The van der Waals surface area contributed by atoms with E-state index < -0.39 is 10.0 Å². The molecule has 176 valence electrons. The van der Waals surface area contributed by atoms with E-state index in [1.165, 1.54) is 21.7 Å². The first-order valence-corrected chi connectivity index (χ1v) is 13.3. The maximum absolute atomic E-state index is 13.6. The van der Waals surface area contributed by atoms with E-state index in [2.05, 4.69) is 5.32 Å². The van der Waals surface area contributed by atoms with Crippen molar-refractivity contribution < 1.29 is 13.2 Å². The van der Waals surface area contributed by atoms with Crippen molar-refractivity contribution in [2.45, 2.75) is 37.8 Å². The van der Waals surface area contributed by atoms with Gasteiger partial charge in [0.05, 0.1) is 9.77 Å². The molecule has 1 aromatic heterocycles. The highest BCUT2D eigenvalue weighted by Crippen LogP contribution is 2.30. The lowest BCUT2D eigenvalue weighted by atomic mass is 10.1. The summed E-state index contributed by atoms with van der Waals surface area (Å²) in [6.07, 6.45) is 0.645. The molecule has 0 saturated heterocycles. The van der Waals surface area contributed by atoms with Gasteiger partial charge in [0.15, 0.2) is 0 Å². The summed E-state index contributed by atoms with van der Waals surface area (Å²) in [7, 11) is 0.00688. The number of halogens is 1. The van der Waals surface area contributed by atoms with Crippen LogP contribution in [0.2, 0.25) is 5.02 Å². The van der Waals surface area contributed by atoms with Crippen molar-refractivity contribution in [1.82, 2.24) is 4.31 Å². The molecule has 0 aliphatic carbocycles. The molecule has 2 aromatic carbocycles. The zero-order valence-electron chi connectivity index (χ0n) is 19.1. The minimum Gasteiger partial charge on any atom is -0.377 e. The first-order valence-electron chi connectivity index (χ1n) is 10.6. The molecule has 3 rings (SSSR count). The molecular formula is C24H28ClN3O3S2. The Morgan fingerprint density at radius 3 is 2.48 bits per heavy atom. The second kappa shape index (κ2) is 10.7. The zero-order chi connectivity index (χ0) is 24.2. The molecule has 33 heavy (non-hydrogen) atoms. The molecule has 1 amide bonds. The molecule has 0 aliphatic heterocycles. The standard InChI is InChI=1S/C24H28ClN3O3S2/c1-5-17(2)28(33(30,31)21-9-6-8-19(25)15-21)16-18-14-20(11-12-22(18)27(3)4)26-24(29)23-10-7-13-32-23/h6-15,17H,5,16H2,1-4H3,(H,26,29). The number of anilines is 2. The lowest BCUT2D eigenvalue weighted by Crippen LogP contribution is -2.38. The molecule has 1 unspecified atom stereocenters. The molecule has 0 spiro atoms. The number of sulfonamides is 1. The Morgan fingerprint density at radius 1 is 1.12 bits per heavy atom. The van der Waals surface area contributed by atoms with Gasteiger partial charge < -0.3 is 10.2 Å². The second-order valence-electron chi connectivity index (χ2n) is 7.93. The number of hydrogen-bond donors (Lipinski definition) is 1. The number of benzene rings is 2. The van der Waals surface area contributed by atoms with Crippen LogP contribution in [0.3, 0.4) is 0 Å². The van der Waals surface area contributed by atoms with Crippen molar-refractivity contribution in [2.24, 2.45) is 0 Å². The van der Waals surface area contributed by atoms with Crippen molar-refractivity contribution in [3.8, 4) is 0 Å². The number of hydrogen-bond acceptors (Lipinski definition) is 5. The Morgan fingerprint density at radius 2 is 1.88 bits per heavy atom. The highest BCUT2D eigenvalue weighted by Gasteiger charge is 2.29. The SMILES string of the molecule is CCC(C)N(Cc1cc(NC(=O)c2cccs2)ccc1N(C)C)S(=O)(=O)c1cccc(Cl)c1. The lowest BCUT2D eigenvalue weighted by molar-refractivity contribution is 0.103. The van der Waals surface area contributed by atoms with Gasteiger partial charge in [-0.05, 0) is 66.8 Å². The summed E-state index contributed by atoms with van der Waals surface area (Å²) in [4.78, 5) is 15.2. The highest BCUT2D eigenvalue weighted by atomic mass is 35.5. The van der Waals surface area contributed by atoms with Crippen LogP contribution in [-0.2, 0) is 16.6 Å². The van der Waals surface area contributed by atoms with Crippen LogP contribution in [0, 0.1) is 0 Å². The third-order valence-corrected chi connectivity index (χ3v) is 8.44. The molecule has 0 aliphatic rings. The minimum atomic E-state index is -3.80. The van der Waals surface area contributed by atoms with Crippen LogP contribution in [0.5, 0.6) is 0 Å². The summed E-state index contributed by atoms with van der Waals surface area (Å²) >= 11 is 7.44. The van der Waals surface area contributed by atoms with Gasteiger partial charge in [-0.1, -0.05) is 30.7 Å². The molecule has 0 fully saturated rings. The van der Waals surface area contributed by atoms with E-state index in [0.29, 0.717) is 22.0 Å². The smallest absolute Gasteiger partial charge is 0.265 e. The lowest BCUT2D eigenvalue weighted by Gasteiger charge is -2.30. The Bertz CT molecular complexity index is 1210. The number of carbonyl (C=O) groups is 1. The van der Waals surface area contributed by atoms with Gasteiger partial charge >= 0.3 is 0 Å². The molecule has 1 atom stereocenters. The van der Waals surface area contributed by atoms with Crippen LogP contribution >= 0.6 is 22.9 Å². The fourth-order valence-electron chi connectivity index (χ4n) is 3.44. The van der Waals surface area contributed by atoms with Crippen molar-refractivity contribution in [3.05, 3.63) is 75.4 Å². The largest absolute Gasteiger partial charge is 0.377 e. The third kappa shape index (κ3) is 5.95. The number of amides is 1. The predicted octanol–water partition coefficient (Wildman–Crippen LogP) is 5.71. The van der Waals surface area contributed by atoms with Crippen LogP contribution in [0.1, 0.15) is 35.5 Å². The van der Waals surface area contributed by atoms with Crippen LogP contribution in [-0.4, -0.2) is 38.8 Å². The summed E-state index contributed by atoms with van der Waals surface area (Å²) in [5.74, 6) is -0.195. The highest BCUT2D eigenvalue weighted by molar-refractivity contribution is 7.89. The summed E-state index contributed by atoms with van der Waals surface area (Å²) in [5.41, 5.74) is 2.27. The van der Waals surface area contributed by atoms with E-state index >= 15 is 0 Å². The molecule has 6 nitrogen and oxygen atoms in total. The molecule has 1 heterocycles. The molecule has 0 saturated carbocycles. The molecule has 0 radical (unpaired) electrons. The van der Waals surface area contributed by atoms with Crippen molar-refractivity contribution in [3.63, 3.8) is 0 Å². The quantitative estimate of drug-likeness (QED) is 0.404. The van der Waals surface area contributed by atoms with Crippen LogP contribution in [0.4, 0.5) is 11.4 Å². The topological polar surface area (TPSA) is 69.7 Å². The number of rotatable bonds is 9. The summed E-state index contributed by atoms with van der Waals surface area (Å²) in [6.45, 7) is 4.00. The average Bonchev–Trinajstić information content (AvgIpc) is 3.32. The van der Waals surface area contributed by atoms with Crippen LogP contribution < -0.4 is 10.2 Å². The normalized spacial score (nSPS) is 12.5. The Labute approximate surface area is 204 Å². The summed E-state index contributed by atoms with van der Waals surface area (Å²) in [6, 6.07) is 15.2. The zero-order valence-corrected chi connectivity index (χ0v) is 21.5. The van der Waals surface area contributed by atoms with Crippen LogP contribution in [0.25, 0.3) is 0 Å². The van der Waals surface area contributed by atoms with Gasteiger partial charge in [-0.3, -0.25) is 4.79 Å². The van der Waals surface area contributed by atoms with Crippen molar-refractivity contribution in [2.75, 3.05) is 24.3 Å². The van der Waals surface area contributed by atoms with Gasteiger partial charge in [-0.2, -0.15) is 4.31 Å². The third-order valence-electron chi connectivity index (χ3n) is 5.38. The van der Waals surface area contributed by atoms with Crippen molar-refractivity contribution in [1.29, 1.82) is 0 Å². The first-order chi connectivity index (χ1) is 15.6. The van der Waals surface area contributed by atoms with Crippen molar-refractivity contribution >= 4 is 50.2 Å². The van der Waals surface area contributed by atoms with Gasteiger partial charge in [-0.25, -0.2) is 8.42 Å². The molecular weight excluding hydrogens is 478 g/mol. The van der Waals surface area contributed by atoms with E-state index in [1.807, 2.05) is 62.5 Å². The summed E-state index contributed by atoms with van der Waals surface area (Å²) in [5, 5.41) is 5.13. The van der Waals surface area contributed by atoms with Gasteiger partial charge in [0, 0.05) is 43.1 Å². The number of nitrogens with zero attached hydrogens (tertiary/aromatic N) is 2. The minimum absolute atomic E-state index is 0.153. The van der Waals surface area contributed by atoms with E-state index in [-0.39, 0.29) is 23.4 Å². The van der Waals surface area contributed by atoms with Gasteiger partial charge in [0.25, 0.3) is 5.91 Å². The van der Waals surface area contributed by atoms with Gasteiger partial charge in [0.1, 0.15) is 0 Å². The summed E-state index contributed by atoms with van der Waals surface area (Å²) < 4.78 is 28.6. The van der Waals surface area contributed by atoms with E-state index in [4.69, 9.17) is 11.6 Å². The van der Waals surface area contributed by atoms with Crippen LogP contribution in [0.15, 0.2) is 64.9 Å². The fraction of sp³-hybridized carbons (Fsp3) is 0.292. The maximum Gasteiger partial charge on any atom is 0.265 e. The second-order valence-corrected chi connectivity index (χ2v) is 11.2. The molecule has 9 heteroatoms. The molecule has 3 aromatic rings. The molecule has 0 bridgehead atoms. The Hall–Kier alpha value is -2.39. The van der Waals surface area contributed by atoms with Gasteiger partial charge in [0.2, 0.25) is 10.0 Å². The van der Waals surface area contributed by atoms with Gasteiger partial charge in [-0.15, -0.1) is 11.3 Å². The fourth-order valence-corrected chi connectivity index (χ4v) is 6.04. The Kier molecular flexibility index (Phi) is 8.18. The monoisotopic (exact) mass is 505 g/mol. The van der Waals surface area contributed by atoms with E-state index in [0.717, 1.165) is 11.3 Å². The first kappa shape index (κ1) is 25.2. The average molecular weight is 506 g/mol. The number of carbonyl (C=O) groups excluding carboxylic acids is 1.